The third-order valence-corrected chi connectivity index (χ3v) is 5.33. The first-order chi connectivity index (χ1) is 10.1. The predicted molar refractivity (Wildman–Crippen MR) is 86.8 cm³/mol. The SMILES string of the molecule is CCOC(=O)CC(c1ccc(CC)s1)N1CCN(C)CC1. The van der Waals surface area contributed by atoms with Gasteiger partial charge in [-0.1, -0.05) is 6.92 Å². The van der Waals surface area contributed by atoms with Gasteiger partial charge in [-0.25, -0.2) is 0 Å². The third kappa shape index (κ3) is 4.53. The number of ether oxygens (including phenoxy) is 1. The molecule has 1 saturated heterocycles. The molecule has 0 bridgehead atoms. The Kier molecular flexibility index (Phi) is 6.21. The maximum atomic E-state index is 12.0. The Hall–Kier alpha value is -0.910. The van der Waals surface area contributed by atoms with Crippen molar-refractivity contribution in [3.8, 4) is 0 Å². The van der Waals surface area contributed by atoms with Gasteiger partial charge in [0.1, 0.15) is 0 Å². The molecule has 1 aliphatic rings. The van der Waals surface area contributed by atoms with E-state index >= 15 is 0 Å². The quantitative estimate of drug-likeness (QED) is 0.756. The lowest BCUT2D eigenvalue weighted by Gasteiger charge is -2.37. The molecule has 1 aromatic heterocycles. The Morgan fingerprint density at radius 1 is 1.29 bits per heavy atom. The van der Waals surface area contributed by atoms with Crippen molar-refractivity contribution in [2.75, 3.05) is 39.8 Å². The normalized spacial score (nSPS) is 18.6. The van der Waals surface area contributed by atoms with Crippen molar-refractivity contribution in [3.63, 3.8) is 0 Å². The number of piperazine rings is 1. The number of carbonyl (C=O) groups excluding carboxylic acids is 1. The van der Waals surface area contributed by atoms with Crippen molar-refractivity contribution in [1.29, 1.82) is 0 Å². The second-order valence-corrected chi connectivity index (χ2v) is 6.72. The van der Waals surface area contributed by atoms with Crippen LogP contribution in [0.15, 0.2) is 12.1 Å². The lowest BCUT2D eigenvalue weighted by Crippen LogP contribution is -2.46. The largest absolute Gasteiger partial charge is 0.466 e. The maximum Gasteiger partial charge on any atom is 0.307 e. The Labute approximate surface area is 131 Å². The van der Waals surface area contributed by atoms with Crippen LogP contribution in [0, 0.1) is 0 Å². The van der Waals surface area contributed by atoms with Crippen LogP contribution in [0.25, 0.3) is 0 Å². The average Bonchev–Trinajstić information content (AvgIpc) is 2.95. The van der Waals surface area contributed by atoms with E-state index in [1.54, 1.807) is 0 Å². The summed E-state index contributed by atoms with van der Waals surface area (Å²) < 4.78 is 5.17. The lowest BCUT2D eigenvalue weighted by molar-refractivity contribution is -0.144. The van der Waals surface area contributed by atoms with Gasteiger partial charge in [-0.3, -0.25) is 9.69 Å². The van der Waals surface area contributed by atoms with Gasteiger partial charge in [0.05, 0.1) is 19.1 Å². The molecular formula is C16H26N2O2S. The highest BCUT2D eigenvalue weighted by Crippen LogP contribution is 2.31. The second kappa shape index (κ2) is 7.92. The molecule has 0 spiro atoms. The first-order valence-electron chi connectivity index (χ1n) is 7.80. The fraction of sp³-hybridized carbons (Fsp3) is 0.688. The van der Waals surface area contributed by atoms with Crippen molar-refractivity contribution in [2.24, 2.45) is 0 Å². The first kappa shape index (κ1) is 16.5. The zero-order chi connectivity index (χ0) is 15.2. The monoisotopic (exact) mass is 310 g/mol. The van der Waals surface area contributed by atoms with E-state index in [9.17, 15) is 4.79 Å². The lowest BCUT2D eigenvalue weighted by atomic mass is 10.1. The highest BCUT2D eigenvalue weighted by molar-refractivity contribution is 7.12. The van der Waals surface area contributed by atoms with Gasteiger partial charge in [0, 0.05) is 35.9 Å². The molecule has 0 radical (unpaired) electrons. The van der Waals surface area contributed by atoms with E-state index in [-0.39, 0.29) is 12.0 Å². The van der Waals surface area contributed by atoms with Gasteiger partial charge >= 0.3 is 5.97 Å². The van der Waals surface area contributed by atoms with Gasteiger partial charge < -0.3 is 9.64 Å². The van der Waals surface area contributed by atoms with E-state index < -0.39 is 0 Å². The first-order valence-corrected chi connectivity index (χ1v) is 8.62. The summed E-state index contributed by atoms with van der Waals surface area (Å²) in [6.07, 6.45) is 1.51. The standard InChI is InChI=1S/C16H26N2O2S/c1-4-13-6-7-15(21-13)14(12-16(19)20-5-2)18-10-8-17(3)9-11-18/h6-7,14H,4-5,8-12H2,1-3H3. The minimum atomic E-state index is -0.0899. The average molecular weight is 310 g/mol. The third-order valence-electron chi connectivity index (χ3n) is 4.00. The van der Waals surface area contributed by atoms with E-state index in [1.165, 1.54) is 9.75 Å². The molecule has 1 aliphatic heterocycles. The molecule has 118 valence electrons. The van der Waals surface area contributed by atoms with Crippen LogP contribution in [0.5, 0.6) is 0 Å². The maximum absolute atomic E-state index is 12.0. The number of rotatable bonds is 6. The summed E-state index contributed by atoms with van der Waals surface area (Å²) in [6.45, 7) is 8.64. The molecule has 0 saturated carbocycles. The molecule has 5 heteroatoms. The smallest absolute Gasteiger partial charge is 0.307 e. The molecule has 4 nitrogen and oxygen atoms in total. The molecule has 1 atom stereocenters. The Balaban J connectivity index is 2.11. The molecule has 2 heterocycles. The van der Waals surface area contributed by atoms with E-state index in [2.05, 4.69) is 35.9 Å². The molecule has 1 aromatic rings. The predicted octanol–water partition coefficient (Wildman–Crippen LogP) is 2.55. The van der Waals surface area contributed by atoms with Gasteiger partial charge in [-0.05, 0) is 32.5 Å². The zero-order valence-corrected chi connectivity index (χ0v) is 14.1. The summed E-state index contributed by atoms with van der Waals surface area (Å²) in [5.41, 5.74) is 0. The molecule has 0 aliphatic carbocycles. The molecule has 1 unspecified atom stereocenters. The molecule has 1 fully saturated rings. The summed E-state index contributed by atoms with van der Waals surface area (Å²) in [5.74, 6) is -0.0899. The highest BCUT2D eigenvalue weighted by atomic mass is 32.1. The topological polar surface area (TPSA) is 32.8 Å². The van der Waals surface area contributed by atoms with Gasteiger partial charge in [-0.15, -0.1) is 11.3 Å². The van der Waals surface area contributed by atoms with Crippen molar-refractivity contribution >= 4 is 17.3 Å². The van der Waals surface area contributed by atoms with Crippen LogP contribution < -0.4 is 0 Å². The van der Waals surface area contributed by atoms with Crippen molar-refractivity contribution in [1.82, 2.24) is 9.80 Å². The molecular weight excluding hydrogens is 284 g/mol. The van der Waals surface area contributed by atoms with Gasteiger partial charge in [0.2, 0.25) is 0 Å². The Morgan fingerprint density at radius 3 is 2.57 bits per heavy atom. The second-order valence-electron chi connectivity index (χ2n) is 5.52. The van der Waals surface area contributed by atoms with Crippen LogP contribution in [-0.4, -0.2) is 55.6 Å². The van der Waals surface area contributed by atoms with Gasteiger partial charge in [0.25, 0.3) is 0 Å². The Morgan fingerprint density at radius 2 is 2.00 bits per heavy atom. The summed E-state index contributed by atoms with van der Waals surface area (Å²) in [5, 5.41) is 0. The molecule has 0 amide bonds. The van der Waals surface area contributed by atoms with Crippen LogP contribution in [0.2, 0.25) is 0 Å². The van der Waals surface area contributed by atoms with Gasteiger partial charge in [-0.2, -0.15) is 0 Å². The van der Waals surface area contributed by atoms with Crippen LogP contribution in [0.1, 0.15) is 36.1 Å². The molecule has 2 rings (SSSR count). The minimum absolute atomic E-state index is 0.0899. The fourth-order valence-electron chi connectivity index (χ4n) is 2.68. The van der Waals surface area contributed by atoms with Crippen LogP contribution in [-0.2, 0) is 16.0 Å². The van der Waals surface area contributed by atoms with Gasteiger partial charge in [0.15, 0.2) is 0 Å². The number of hydrogen-bond donors (Lipinski definition) is 0. The van der Waals surface area contributed by atoms with Crippen molar-refractivity contribution in [3.05, 3.63) is 21.9 Å². The van der Waals surface area contributed by atoms with E-state index in [1.807, 2.05) is 18.3 Å². The van der Waals surface area contributed by atoms with Crippen LogP contribution in [0.4, 0.5) is 0 Å². The number of carbonyl (C=O) groups is 1. The number of hydrogen-bond acceptors (Lipinski definition) is 5. The Bertz CT molecular complexity index is 453. The summed E-state index contributed by atoms with van der Waals surface area (Å²) in [4.78, 5) is 19.4. The number of nitrogens with zero attached hydrogens (tertiary/aromatic N) is 2. The summed E-state index contributed by atoms with van der Waals surface area (Å²) in [7, 11) is 2.15. The fourth-order valence-corrected chi connectivity index (χ4v) is 3.77. The van der Waals surface area contributed by atoms with Crippen molar-refractivity contribution in [2.45, 2.75) is 32.7 Å². The minimum Gasteiger partial charge on any atom is -0.466 e. The summed E-state index contributed by atoms with van der Waals surface area (Å²) >= 11 is 1.83. The molecule has 0 aromatic carbocycles. The van der Waals surface area contributed by atoms with E-state index in [4.69, 9.17) is 4.74 Å². The number of likely N-dealkylation sites (N-methyl/N-ethyl adjacent to an activating group) is 1. The molecule has 0 N–H and O–H groups in total. The number of esters is 1. The van der Waals surface area contributed by atoms with E-state index in [0.29, 0.717) is 13.0 Å². The molecule has 21 heavy (non-hydrogen) atoms. The van der Waals surface area contributed by atoms with Crippen molar-refractivity contribution < 1.29 is 9.53 Å². The zero-order valence-electron chi connectivity index (χ0n) is 13.3. The summed E-state index contributed by atoms with van der Waals surface area (Å²) in [6, 6.07) is 4.54. The number of aryl methyl sites for hydroxylation is 1. The van der Waals surface area contributed by atoms with Crippen LogP contribution >= 0.6 is 11.3 Å². The van der Waals surface area contributed by atoms with E-state index in [0.717, 1.165) is 32.6 Å². The van der Waals surface area contributed by atoms with Crippen LogP contribution in [0.3, 0.4) is 0 Å². The highest BCUT2D eigenvalue weighted by Gasteiger charge is 2.27. The number of thiophene rings is 1.